The van der Waals surface area contributed by atoms with Crippen LogP contribution in [0.3, 0.4) is 0 Å². The van der Waals surface area contributed by atoms with E-state index in [-0.39, 0.29) is 0 Å². The molecule has 1 aliphatic rings. The predicted octanol–water partition coefficient (Wildman–Crippen LogP) is 3.67. The van der Waals surface area contributed by atoms with E-state index < -0.39 is 0 Å². The summed E-state index contributed by atoms with van der Waals surface area (Å²) in [5, 5.41) is 4.73. The average molecular weight is 294 g/mol. The maximum absolute atomic E-state index is 4.81. The second kappa shape index (κ2) is 5.24. The van der Waals surface area contributed by atoms with Gasteiger partial charge in [-0.1, -0.05) is 42.5 Å². The van der Waals surface area contributed by atoms with E-state index >= 15 is 0 Å². The van der Waals surface area contributed by atoms with Crippen LogP contribution in [-0.2, 0) is 12.8 Å². The van der Waals surface area contributed by atoms with Crippen LogP contribution in [0.1, 0.15) is 10.6 Å². The molecular weight excluding hydrogens is 276 g/mol. The summed E-state index contributed by atoms with van der Waals surface area (Å²) in [5.74, 6) is 0. The molecule has 0 unspecified atom stereocenters. The first-order valence-electron chi connectivity index (χ1n) is 7.42. The van der Waals surface area contributed by atoms with E-state index in [2.05, 4.69) is 59.9 Å². The Morgan fingerprint density at radius 1 is 0.952 bits per heavy atom. The summed E-state index contributed by atoms with van der Waals surface area (Å²) in [7, 11) is 0. The molecule has 1 saturated heterocycles. The quantitative estimate of drug-likeness (QED) is 0.794. The third-order valence-electron chi connectivity index (χ3n) is 4.29. The molecule has 3 heteroatoms. The fraction of sp³-hybridized carbons (Fsp3) is 0.278. The first-order chi connectivity index (χ1) is 10.3. The molecule has 2 heterocycles. The van der Waals surface area contributed by atoms with E-state index in [0.29, 0.717) is 5.41 Å². The predicted molar refractivity (Wildman–Crippen MR) is 88.8 cm³/mol. The summed E-state index contributed by atoms with van der Waals surface area (Å²) in [6.45, 7) is 2.19. The average Bonchev–Trinajstić information content (AvgIpc) is 2.88. The second-order valence-corrected chi connectivity index (χ2v) is 7.13. The van der Waals surface area contributed by atoms with Gasteiger partial charge in [0.1, 0.15) is 0 Å². The Bertz CT molecular complexity index is 711. The third kappa shape index (κ3) is 2.59. The zero-order valence-corrected chi connectivity index (χ0v) is 12.7. The summed E-state index contributed by atoms with van der Waals surface area (Å²) in [6, 6.07) is 19.3. The van der Waals surface area contributed by atoms with E-state index in [1.165, 1.54) is 15.3 Å². The molecular formula is C18H18N2S. The number of nitrogens with one attached hydrogen (secondary N) is 1. The molecule has 1 N–H and O–H groups in total. The number of aromatic nitrogens is 1. The third-order valence-corrected chi connectivity index (χ3v) is 5.32. The molecule has 106 valence electrons. The van der Waals surface area contributed by atoms with Crippen molar-refractivity contribution in [3.63, 3.8) is 0 Å². The highest BCUT2D eigenvalue weighted by atomic mass is 32.1. The fourth-order valence-corrected chi connectivity index (χ4v) is 4.28. The molecule has 21 heavy (non-hydrogen) atoms. The molecule has 3 aromatic rings. The second-order valence-electron chi connectivity index (χ2n) is 6.02. The van der Waals surface area contributed by atoms with Crippen molar-refractivity contribution < 1.29 is 0 Å². The summed E-state index contributed by atoms with van der Waals surface area (Å²) in [4.78, 5) is 4.81. The van der Waals surface area contributed by atoms with Crippen molar-refractivity contribution >= 4 is 21.6 Å². The number of fused-ring (bicyclic) bond motifs is 1. The van der Waals surface area contributed by atoms with Gasteiger partial charge in [0.2, 0.25) is 0 Å². The van der Waals surface area contributed by atoms with Gasteiger partial charge < -0.3 is 5.32 Å². The van der Waals surface area contributed by atoms with E-state index in [9.17, 15) is 0 Å². The maximum atomic E-state index is 4.81. The van der Waals surface area contributed by atoms with Gasteiger partial charge in [-0.3, -0.25) is 0 Å². The van der Waals surface area contributed by atoms with Crippen molar-refractivity contribution in [3.8, 4) is 0 Å². The van der Waals surface area contributed by atoms with Crippen molar-refractivity contribution in [1.82, 2.24) is 10.3 Å². The van der Waals surface area contributed by atoms with Gasteiger partial charge in [-0.2, -0.15) is 0 Å². The zero-order valence-electron chi connectivity index (χ0n) is 11.9. The summed E-state index contributed by atoms with van der Waals surface area (Å²) in [5.41, 5.74) is 2.91. The number of hydrogen-bond acceptors (Lipinski definition) is 3. The molecule has 0 amide bonds. The Morgan fingerprint density at radius 2 is 1.71 bits per heavy atom. The molecule has 0 spiro atoms. The Labute approximate surface area is 128 Å². The van der Waals surface area contributed by atoms with E-state index in [1.54, 1.807) is 0 Å². The normalized spacial score (nSPS) is 16.8. The minimum Gasteiger partial charge on any atom is -0.315 e. The van der Waals surface area contributed by atoms with Crippen molar-refractivity contribution in [3.05, 3.63) is 65.2 Å². The molecule has 1 fully saturated rings. The minimum atomic E-state index is 0.342. The van der Waals surface area contributed by atoms with Crippen molar-refractivity contribution in [2.24, 2.45) is 5.41 Å². The Kier molecular flexibility index (Phi) is 3.24. The first-order valence-corrected chi connectivity index (χ1v) is 8.24. The Hall–Kier alpha value is -1.71. The summed E-state index contributed by atoms with van der Waals surface area (Å²) < 4.78 is 1.30. The molecule has 0 bridgehead atoms. The molecule has 1 aliphatic heterocycles. The molecule has 0 saturated carbocycles. The van der Waals surface area contributed by atoms with Crippen LogP contribution in [0.25, 0.3) is 10.2 Å². The van der Waals surface area contributed by atoms with Crippen molar-refractivity contribution in [1.29, 1.82) is 0 Å². The summed E-state index contributed by atoms with van der Waals surface area (Å²) in [6.07, 6.45) is 2.21. The molecule has 0 radical (unpaired) electrons. The minimum absolute atomic E-state index is 0.342. The molecule has 2 nitrogen and oxygen atoms in total. The van der Waals surface area contributed by atoms with Gasteiger partial charge in [0.05, 0.1) is 15.2 Å². The van der Waals surface area contributed by atoms with Gasteiger partial charge in [-0.15, -0.1) is 11.3 Å². The lowest BCUT2D eigenvalue weighted by atomic mass is 9.74. The topological polar surface area (TPSA) is 24.9 Å². The first kappa shape index (κ1) is 13.0. The standard InChI is InChI=1S/C18H18N2S/c1-2-6-14(7-3-1)10-18(12-19-13-18)11-17-20-15-8-4-5-9-16(15)21-17/h1-9,19H,10-13H2. The lowest BCUT2D eigenvalue weighted by molar-refractivity contribution is 0.166. The van der Waals surface area contributed by atoms with Gasteiger partial charge in [0.25, 0.3) is 0 Å². The van der Waals surface area contributed by atoms with Crippen LogP contribution in [0.4, 0.5) is 0 Å². The highest BCUT2D eigenvalue weighted by Gasteiger charge is 2.37. The van der Waals surface area contributed by atoms with Crippen LogP contribution < -0.4 is 5.32 Å². The zero-order chi connectivity index (χ0) is 14.1. The fourth-order valence-electron chi connectivity index (χ4n) is 3.14. The molecule has 0 atom stereocenters. The lowest BCUT2D eigenvalue weighted by Crippen LogP contribution is -2.55. The highest BCUT2D eigenvalue weighted by Crippen LogP contribution is 2.34. The van der Waals surface area contributed by atoms with Crippen LogP contribution in [0, 0.1) is 5.41 Å². The van der Waals surface area contributed by atoms with Gasteiger partial charge in [0.15, 0.2) is 0 Å². The maximum Gasteiger partial charge on any atom is 0.0945 e. The molecule has 4 rings (SSSR count). The highest BCUT2D eigenvalue weighted by molar-refractivity contribution is 7.18. The largest absolute Gasteiger partial charge is 0.315 e. The number of thiazole rings is 1. The molecule has 0 aliphatic carbocycles. The van der Waals surface area contributed by atoms with Crippen LogP contribution in [0.2, 0.25) is 0 Å². The van der Waals surface area contributed by atoms with E-state index in [1.807, 2.05) is 11.3 Å². The van der Waals surface area contributed by atoms with Crippen LogP contribution >= 0.6 is 11.3 Å². The van der Waals surface area contributed by atoms with Crippen molar-refractivity contribution in [2.75, 3.05) is 13.1 Å². The number of hydrogen-bond donors (Lipinski definition) is 1. The van der Waals surface area contributed by atoms with Gasteiger partial charge in [-0.05, 0) is 24.1 Å². The number of rotatable bonds is 4. The Morgan fingerprint density at radius 3 is 2.43 bits per heavy atom. The van der Waals surface area contributed by atoms with Crippen LogP contribution in [0.15, 0.2) is 54.6 Å². The molecule has 1 aromatic heterocycles. The van der Waals surface area contributed by atoms with Gasteiger partial charge in [-0.25, -0.2) is 4.98 Å². The number of nitrogens with zero attached hydrogens (tertiary/aromatic N) is 1. The van der Waals surface area contributed by atoms with E-state index in [0.717, 1.165) is 31.4 Å². The van der Waals surface area contributed by atoms with Crippen LogP contribution in [0.5, 0.6) is 0 Å². The van der Waals surface area contributed by atoms with Crippen molar-refractivity contribution in [2.45, 2.75) is 12.8 Å². The van der Waals surface area contributed by atoms with E-state index in [4.69, 9.17) is 4.98 Å². The summed E-state index contributed by atoms with van der Waals surface area (Å²) >= 11 is 1.85. The Balaban J connectivity index is 1.58. The van der Waals surface area contributed by atoms with Gasteiger partial charge in [0, 0.05) is 24.9 Å². The lowest BCUT2D eigenvalue weighted by Gasteiger charge is -2.42. The number of para-hydroxylation sites is 1. The van der Waals surface area contributed by atoms with Crippen LogP contribution in [-0.4, -0.2) is 18.1 Å². The monoisotopic (exact) mass is 294 g/mol. The van der Waals surface area contributed by atoms with Gasteiger partial charge >= 0.3 is 0 Å². The molecule has 2 aromatic carbocycles. The smallest absolute Gasteiger partial charge is 0.0945 e. The number of benzene rings is 2. The SMILES string of the molecule is c1ccc(CC2(Cc3nc4ccccc4s3)CNC2)cc1.